The standard InChI is InChI=1S/C27H32N4O4/c1-5-35-19-9-10-22-20(14-19)21-15-27(4)25(33)30(12-11-28-16(2)3)26(34)31(27)24(23(21)29-22)17-7-6-8-18(32)13-17/h6-10,13-14,16,24,28-29,32H,5,11-12,15H2,1-4H3/t24-,27+/m1/s1. The second kappa shape index (κ2) is 8.61. The summed E-state index contributed by atoms with van der Waals surface area (Å²) in [5.74, 6) is 0.680. The van der Waals surface area contributed by atoms with Gasteiger partial charge in [0.1, 0.15) is 23.1 Å². The van der Waals surface area contributed by atoms with E-state index in [0.29, 0.717) is 26.1 Å². The van der Waals surface area contributed by atoms with Gasteiger partial charge in [0.15, 0.2) is 0 Å². The van der Waals surface area contributed by atoms with Crippen LogP contribution in [0.15, 0.2) is 42.5 Å². The number of carbonyl (C=O) groups is 2. The number of hydrogen-bond donors (Lipinski definition) is 3. The molecule has 2 atom stereocenters. The highest BCUT2D eigenvalue weighted by Crippen LogP contribution is 2.49. The summed E-state index contributed by atoms with van der Waals surface area (Å²) in [6, 6.07) is 12.2. The lowest BCUT2D eigenvalue weighted by Gasteiger charge is -2.42. The minimum Gasteiger partial charge on any atom is -0.508 e. The highest BCUT2D eigenvalue weighted by molar-refractivity contribution is 6.08. The molecule has 0 bridgehead atoms. The van der Waals surface area contributed by atoms with Crippen molar-refractivity contribution < 1.29 is 19.4 Å². The first-order valence-electron chi connectivity index (χ1n) is 12.2. The van der Waals surface area contributed by atoms with Crippen LogP contribution in [-0.2, 0) is 11.2 Å². The van der Waals surface area contributed by atoms with Gasteiger partial charge < -0.3 is 20.1 Å². The Morgan fingerprint density at radius 3 is 2.74 bits per heavy atom. The summed E-state index contributed by atoms with van der Waals surface area (Å²) < 4.78 is 5.74. The summed E-state index contributed by atoms with van der Waals surface area (Å²) in [5, 5.41) is 14.5. The van der Waals surface area contributed by atoms with E-state index in [4.69, 9.17) is 4.74 Å². The van der Waals surface area contributed by atoms with E-state index in [1.165, 1.54) is 4.90 Å². The molecule has 1 fully saturated rings. The number of carbonyl (C=O) groups excluding carboxylic acids is 2. The highest BCUT2D eigenvalue weighted by Gasteiger charge is 2.60. The Morgan fingerprint density at radius 1 is 1.23 bits per heavy atom. The molecule has 2 aliphatic rings. The molecule has 35 heavy (non-hydrogen) atoms. The molecule has 0 unspecified atom stereocenters. The van der Waals surface area contributed by atoms with Crippen molar-refractivity contribution in [2.75, 3.05) is 19.7 Å². The van der Waals surface area contributed by atoms with Gasteiger partial charge in [0.05, 0.1) is 6.61 Å². The van der Waals surface area contributed by atoms with Crippen molar-refractivity contribution in [1.82, 2.24) is 20.1 Å². The molecular weight excluding hydrogens is 444 g/mol. The maximum Gasteiger partial charge on any atom is 0.328 e. The van der Waals surface area contributed by atoms with E-state index >= 15 is 0 Å². The molecule has 3 aromatic rings. The number of amides is 3. The van der Waals surface area contributed by atoms with Crippen molar-refractivity contribution in [1.29, 1.82) is 0 Å². The molecule has 184 valence electrons. The molecular formula is C27H32N4O4. The van der Waals surface area contributed by atoms with Crippen LogP contribution in [-0.4, -0.2) is 63.1 Å². The van der Waals surface area contributed by atoms with Gasteiger partial charge in [-0.2, -0.15) is 0 Å². The molecule has 1 saturated heterocycles. The van der Waals surface area contributed by atoms with Gasteiger partial charge in [0.2, 0.25) is 0 Å². The molecule has 0 aliphatic carbocycles. The molecule has 3 amide bonds. The second-order valence-electron chi connectivity index (χ2n) is 9.82. The quantitative estimate of drug-likeness (QED) is 0.449. The number of nitrogens with zero attached hydrogens (tertiary/aromatic N) is 2. The SMILES string of the molecule is CCOc1ccc2[nH]c3c(c2c1)C[C@@]1(C)C(=O)N(CCNC(C)C)C(=O)N1[C@@H]3c1cccc(O)c1. The van der Waals surface area contributed by atoms with E-state index in [1.807, 2.05) is 52.0 Å². The number of imide groups is 1. The minimum atomic E-state index is -1.05. The molecule has 2 aromatic carbocycles. The molecule has 0 saturated carbocycles. The number of phenolic OH excluding ortho intramolecular Hbond substituents is 1. The highest BCUT2D eigenvalue weighted by atomic mass is 16.5. The number of H-pyrrole nitrogens is 1. The molecule has 0 spiro atoms. The summed E-state index contributed by atoms with van der Waals surface area (Å²) in [5.41, 5.74) is 2.48. The van der Waals surface area contributed by atoms with Crippen molar-refractivity contribution in [3.8, 4) is 11.5 Å². The predicted octanol–water partition coefficient (Wildman–Crippen LogP) is 3.94. The van der Waals surface area contributed by atoms with E-state index in [0.717, 1.165) is 33.5 Å². The van der Waals surface area contributed by atoms with Gasteiger partial charge in [-0.25, -0.2) is 4.79 Å². The number of benzene rings is 2. The number of hydrogen-bond acceptors (Lipinski definition) is 5. The minimum absolute atomic E-state index is 0.113. The topological polar surface area (TPSA) is 97.9 Å². The lowest BCUT2D eigenvalue weighted by molar-refractivity contribution is -0.133. The number of urea groups is 1. The fourth-order valence-electron chi connectivity index (χ4n) is 5.45. The smallest absolute Gasteiger partial charge is 0.328 e. The van der Waals surface area contributed by atoms with Crippen molar-refractivity contribution in [2.24, 2.45) is 0 Å². The van der Waals surface area contributed by atoms with Crippen LogP contribution in [0.4, 0.5) is 4.79 Å². The summed E-state index contributed by atoms with van der Waals surface area (Å²) in [4.78, 5) is 34.1. The fourth-order valence-corrected chi connectivity index (χ4v) is 5.45. The summed E-state index contributed by atoms with van der Waals surface area (Å²) in [7, 11) is 0. The second-order valence-corrected chi connectivity index (χ2v) is 9.82. The Bertz CT molecular complexity index is 1300. The predicted molar refractivity (Wildman–Crippen MR) is 134 cm³/mol. The van der Waals surface area contributed by atoms with E-state index in [9.17, 15) is 14.7 Å². The zero-order valence-electron chi connectivity index (χ0n) is 20.6. The van der Waals surface area contributed by atoms with Crippen LogP contribution in [0.1, 0.15) is 50.6 Å². The third-order valence-electron chi connectivity index (χ3n) is 7.02. The lowest BCUT2D eigenvalue weighted by atomic mass is 9.81. The molecule has 3 N–H and O–H groups in total. The third-order valence-corrected chi connectivity index (χ3v) is 7.02. The number of ether oxygens (including phenoxy) is 1. The Hall–Kier alpha value is -3.52. The van der Waals surface area contributed by atoms with E-state index < -0.39 is 11.6 Å². The first-order chi connectivity index (χ1) is 16.7. The molecule has 8 heteroatoms. The van der Waals surface area contributed by atoms with Crippen LogP contribution in [0, 0.1) is 0 Å². The zero-order chi connectivity index (χ0) is 24.9. The maximum atomic E-state index is 13.8. The van der Waals surface area contributed by atoms with Crippen LogP contribution in [0.3, 0.4) is 0 Å². The van der Waals surface area contributed by atoms with E-state index in [-0.39, 0.29) is 23.7 Å². The van der Waals surface area contributed by atoms with Gasteiger partial charge in [-0.15, -0.1) is 0 Å². The largest absolute Gasteiger partial charge is 0.508 e. The van der Waals surface area contributed by atoms with E-state index in [1.54, 1.807) is 23.1 Å². The molecule has 1 aromatic heterocycles. The lowest BCUT2D eigenvalue weighted by Crippen LogP contribution is -2.53. The zero-order valence-corrected chi connectivity index (χ0v) is 20.6. The number of phenols is 1. The maximum absolute atomic E-state index is 13.8. The number of fused-ring (bicyclic) bond motifs is 4. The average Bonchev–Trinajstić information content (AvgIpc) is 3.25. The number of aromatic nitrogens is 1. The third kappa shape index (κ3) is 3.72. The average molecular weight is 477 g/mol. The Labute approximate surface area is 204 Å². The van der Waals surface area contributed by atoms with Crippen LogP contribution in [0.25, 0.3) is 10.9 Å². The van der Waals surface area contributed by atoms with Gasteiger partial charge in [-0.1, -0.05) is 26.0 Å². The summed E-state index contributed by atoms with van der Waals surface area (Å²) in [6.45, 7) is 9.25. The summed E-state index contributed by atoms with van der Waals surface area (Å²) >= 11 is 0. The molecule has 2 aliphatic heterocycles. The number of aromatic hydroxyl groups is 1. The molecule has 0 radical (unpaired) electrons. The van der Waals surface area contributed by atoms with Gasteiger partial charge in [0.25, 0.3) is 5.91 Å². The molecule has 8 nitrogen and oxygen atoms in total. The normalized spacial score (nSPS) is 21.7. The number of nitrogens with one attached hydrogen (secondary N) is 2. The van der Waals surface area contributed by atoms with Crippen molar-refractivity contribution in [3.63, 3.8) is 0 Å². The molecule has 3 heterocycles. The number of aromatic amines is 1. The first-order valence-corrected chi connectivity index (χ1v) is 12.2. The summed E-state index contributed by atoms with van der Waals surface area (Å²) in [6.07, 6.45) is 0.395. The van der Waals surface area contributed by atoms with Crippen LogP contribution in [0.5, 0.6) is 11.5 Å². The van der Waals surface area contributed by atoms with Gasteiger partial charge in [-0.3, -0.25) is 14.6 Å². The monoisotopic (exact) mass is 476 g/mol. The van der Waals surface area contributed by atoms with Crippen LogP contribution < -0.4 is 10.1 Å². The van der Waals surface area contributed by atoms with Crippen molar-refractivity contribution >= 4 is 22.8 Å². The van der Waals surface area contributed by atoms with Crippen LogP contribution in [0.2, 0.25) is 0 Å². The van der Waals surface area contributed by atoms with Crippen LogP contribution >= 0.6 is 0 Å². The molecule has 5 rings (SSSR count). The van der Waals surface area contributed by atoms with Gasteiger partial charge >= 0.3 is 6.03 Å². The van der Waals surface area contributed by atoms with E-state index in [2.05, 4.69) is 10.3 Å². The first kappa shape index (κ1) is 23.2. The Kier molecular flexibility index (Phi) is 5.71. The fraction of sp³-hybridized carbons (Fsp3) is 0.407. The van der Waals surface area contributed by atoms with Crippen molar-refractivity contribution in [2.45, 2.75) is 51.7 Å². The number of rotatable bonds is 7. The van der Waals surface area contributed by atoms with Gasteiger partial charge in [-0.05, 0) is 55.3 Å². The van der Waals surface area contributed by atoms with Gasteiger partial charge in [0, 0.05) is 42.1 Å². The van der Waals surface area contributed by atoms with Crippen molar-refractivity contribution in [3.05, 3.63) is 59.3 Å². The Balaban J connectivity index is 1.66. The Morgan fingerprint density at radius 2 is 2.03 bits per heavy atom.